The first-order valence-electron chi connectivity index (χ1n) is 6.91. The molecule has 5 nitrogen and oxygen atoms in total. The number of aryl methyl sites for hydroxylation is 1. The average Bonchev–Trinajstić information content (AvgIpc) is 3.00. The Morgan fingerprint density at radius 1 is 1.45 bits per heavy atom. The van der Waals surface area contributed by atoms with Crippen LogP contribution >= 0.6 is 0 Å². The monoisotopic (exact) mass is 270 g/mol. The Balaban J connectivity index is 1.51. The molecular formula is C15H18N4O. The summed E-state index contributed by atoms with van der Waals surface area (Å²) in [5.41, 5.74) is 2.36. The van der Waals surface area contributed by atoms with Crippen molar-refractivity contribution in [3.8, 4) is 0 Å². The summed E-state index contributed by atoms with van der Waals surface area (Å²) in [5, 5.41) is 6.28. The minimum absolute atomic E-state index is 0.0691. The third kappa shape index (κ3) is 2.82. The molecule has 20 heavy (non-hydrogen) atoms. The summed E-state index contributed by atoms with van der Waals surface area (Å²) < 4.78 is 1.95. The molecule has 0 bridgehead atoms. The van der Waals surface area contributed by atoms with Crippen LogP contribution in [0.1, 0.15) is 12.0 Å². The van der Waals surface area contributed by atoms with Crippen molar-refractivity contribution in [1.29, 1.82) is 0 Å². The van der Waals surface area contributed by atoms with E-state index in [9.17, 15) is 4.79 Å². The van der Waals surface area contributed by atoms with Gasteiger partial charge >= 0.3 is 0 Å². The zero-order chi connectivity index (χ0) is 13.8. The van der Waals surface area contributed by atoms with E-state index in [-0.39, 0.29) is 11.9 Å². The first-order chi connectivity index (χ1) is 9.83. The zero-order valence-corrected chi connectivity index (χ0v) is 11.2. The Hall–Kier alpha value is -2.30. The molecule has 2 aromatic rings. The first-order valence-corrected chi connectivity index (χ1v) is 6.91. The van der Waals surface area contributed by atoms with Gasteiger partial charge in [0.1, 0.15) is 6.04 Å². The van der Waals surface area contributed by atoms with E-state index in [4.69, 9.17) is 0 Å². The number of benzene rings is 1. The lowest BCUT2D eigenvalue weighted by Gasteiger charge is -2.26. The Kier molecular flexibility index (Phi) is 3.67. The molecule has 0 spiro atoms. The zero-order valence-electron chi connectivity index (χ0n) is 11.2. The van der Waals surface area contributed by atoms with Gasteiger partial charge in [0.05, 0.1) is 6.33 Å². The summed E-state index contributed by atoms with van der Waals surface area (Å²) in [6.07, 6.45) is 7.17. The number of carbonyl (C=O) groups is 1. The fourth-order valence-electron chi connectivity index (χ4n) is 2.49. The molecule has 0 fully saturated rings. The second-order valence-corrected chi connectivity index (χ2v) is 4.98. The van der Waals surface area contributed by atoms with Crippen molar-refractivity contribution in [1.82, 2.24) is 14.9 Å². The van der Waals surface area contributed by atoms with Crippen LogP contribution in [0.3, 0.4) is 0 Å². The summed E-state index contributed by atoms with van der Waals surface area (Å²) in [7, 11) is 0. The highest BCUT2D eigenvalue weighted by atomic mass is 16.2. The van der Waals surface area contributed by atoms with E-state index in [2.05, 4.69) is 21.7 Å². The van der Waals surface area contributed by atoms with Crippen LogP contribution in [0.15, 0.2) is 43.0 Å². The second-order valence-electron chi connectivity index (χ2n) is 4.98. The molecule has 2 N–H and O–H groups in total. The molecule has 1 atom stereocenters. The minimum Gasteiger partial charge on any atom is -0.373 e. The van der Waals surface area contributed by atoms with E-state index in [0.29, 0.717) is 6.54 Å². The van der Waals surface area contributed by atoms with Crippen LogP contribution < -0.4 is 10.6 Å². The molecule has 5 heteroatoms. The van der Waals surface area contributed by atoms with Gasteiger partial charge in [-0.3, -0.25) is 4.79 Å². The molecule has 0 aliphatic carbocycles. The molecule has 1 aromatic carbocycles. The fourth-order valence-corrected chi connectivity index (χ4v) is 2.49. The standard InChI is InChI=1S/C15H18N4O/c20-15(17-8-10-19-9-7-16-11-19)14-6-5-12-3-1-2-4-13(12)18-14/h1-4,7,9,11,14,18H,5-6,8,10H2,(H,17,20). The number of carbonyl (C=O) groups excluding carboxylic acids is 1. The maximum atomic E-state index is 12.1. The van der Waals surface area contributed by atoms with Crippen molar-refractivity contribution in [2.75, 3.05) is 11.9 Å². The minimum atomic E-state index is -0.132. The highest BCUT2D eigenvalue weighted by Crippen LogP contribution is 2.24. The van der Waals surface area contributed by atoms with Crippen LogP contribution in [0.5, 0.6) is 0 Å². The van der Waals surface area contributed by atoms with E-state index >= 15 is 0 Å². The predicted molar refractivity (Wildman–Crippen MR) is 77.4 cm³/mol. The molecule has 0 saturated carbocycles. The lowest BCUT2D eigenvalue weighted by Crippen LogP contribution is -2.42. The smallest absolute Gasteiger partial charge is 0.242 e. The van der Waals surface area contributed by atoms with Gasteiger partial charge in [0.15, 0.2) is 0 Å². The number of nitrogens with zero attached hydrogens (tertiary/aromatic N) is 2. The van der Waals surface area contributed by atoms with Gasteiger partial charge in [0.2, 0.25) is 5.91 Å². The van der Waals surface area contributed by atoms with Crippen molar-refractivity contribution in [3.05, 3.63) is 48.5 Å². The van der Waals surface area contributed by atoms with Gasteiger partial charge in [0, 0.05) is 31.2 Å². The molecule has 3 rings (SSSR count). The Bertz CT molecular complexity index is 579. The van der Waals surface area contributed by atoms with Gasteiger partial charge in [0.25, 0.3) is 0 Å². The van der Waals surface area contributed by atoms with Crippen molar-refractivity contribution >= 4 is 11.6 Å². The van der Waals surface area contributed by atoms with Gasteiger partial charge in [-0.15, -0.1) is 0 Å². The van der Waals surface area contributed by atoms with E-state index in [1.165, 1.54) is 5.56 Å². The number of imidazole rings is 1. The normalized spacial score (nSPS) is 17.1. The topological polar surface area (TPSA) is 59.0 Å². The van der Waals surface area contributed by atoms with Crippen LogP contribution in [0.25, 0.3) is 0 Å². The maximum absolute atomic E-state index is 12.1. The summed E-state index contributed by atoms with van der Waals surface area (Å²) in [4.78, 5) is 16.1. The van der Waals surface area contributed by atoms with Crippen LogP contribution in [0.4, 0.5) is 5.69 Å². The molecule has 0 saturated heterocycles. The van der Waals surface area contributed by atoms with E-state index in [1.807, 2.05) is 29.0 Å². The van der Waals surface area contributed by atoms with Gasteiger partial charge < -0.3 is 15.2 Å². The molecule has 2 heterocycles. The van der Waals surface area contributed by atoms with E-state index in [1.54, 1.807) is 12.5 Å². The molecular weight excluding hydrogens is 252 g/mol. The SMILES string of the molecule is O=C(NCCn1ccnc1)C1CCc2ccccc2N1. The number of anilines is 1. The summed E-state index contributed by atoms with van der Waals surface area (Å²) >= 11 is 0. The number of hydrogen-bond acceptors (Lipinski definition) is 3. The second kappa shape index (κ2) is 5.77. The third-order valence-electron chi connectivity index (χ3n) is 3.59. The highest BCUT2D eigenvalue weighted by molar-refractivity contribution is 5.85. The number of para-hydroxylation sites is 1. The van der Waals surface area contributed by atoms with Crippen molar-refractivity contribution < 1.29 is 4.79 Å². The van der Waals surface area contributed by atoms with Crippen LogP contribution in [-0.4, -0.2) is 28.0 Å². The predicted octanol–water partition coefficient (Wildman–Crippen LogP) is 1.43. The van der Waals surface area contributed by atoms with Crippen molar-refractivity contribution in [3.63, 3.8) is 0 Å². The molecule has 1 unspecified atom stereocenters. The number of amides is 1. The molecule has 0 radical (unpaired) electrons. The molecule has 1 aliphatic heterocycles. The fraction of sp³-hybridized carbons (Fsp3) is 0.333. The Morgan fingerprint density at radius 3 is 3.20 bits per heavy atom. The van der Waals surface area contributed by atoms with Gasteiger partial charge in [-0.1, -0.05) is 18.2 Å². The molecule has 104 valence electrons. The number of hydrogen-bond donors (Lipinski definition) is 2. The van der Waals surface area contributed by atoms with Crippen molar-refractivity contribution in [2.45, 2.75) is 25.4 Å². The van der Waals surface area contributed by atoms with Crippen molar-refractivity contribution in [2.24, 2.45) is 0 Å². The number of fused-ring (bicyclic) bond motifs is 1. The number of rotatable bonds is 4. The molecule has 1 amide bonds. The first kappa shape index (κ1) is 12.7. The van der Waals surface area contributed by atoms with E-state index < -0.39 is 0 Å². The Labute approximate surface area is 118 Å². The van der Waals surface area contributed by atoms with Crippen LogP contribution in [0.2, 0.25) is 0 Å². The van der Waals surface area contributed by atoms with Crippen LogP contribution in [-0.2, 0) is 17.8 Å². The number of aromatic nitrogens is 2. The lowest BCUT2D eigenvalue weighted by molar-refractivity contribution is -0.122. The highest BCUT2D eigenvalue weighted by Gasteiger charge is 2.22. The summed E-state index contributed by atoms with van der Waals surface area (Å²) in [6.45, 7) is 1.37. The van der Waals surface area contributed by atoms with E-state index in [0.717, 1.165) is 25.1 Å². The third-order valence-corrected chi connectivity index (χ3v) is 3.59. The van der Waals surface area contributed by atoms with Gasteiger partial charge in [-0.05, 0) is 24.5 Å². The largest absolute Gasteiger partial charge is 0.373 e. The quantitative estimate of drug-likeness (QED) is 0.883. The van der Waals surface area contributed by atoms with Crippen LogP contribution in [0, 0.1) is 0 Å². The lowest BCUT2D eigenvalue weighted by atomic mass is 9.98. The van der Waals surface area contributed by atoms with Gasteiger partial charge in [-0.25, -0.2) is 4.98 Å². The average molecular weight is 270 g/mol. The molecule has 1 aromatic heterocycles. The molecule has 1 aliphatic rings. The van der Waals surface area contributed by atoms with Gasteiger partial charge in [-0.2, -0.15) is 0 Å². The number of nitrogens with one attached hydrogen (secondary N) is 2. The summed E-state index contributed by atoms with van der Waals surface area (Å²) in [5.74, 6) is 0.0691. The summed E-state index contributed by atoms with van der Waals surface area (Å²) in [6, 6.07) is 8.03. The maximum Gasteiger partial charge on any atom is 0.242 e. The Morgan fingerprint density at radius 2 is 2.35 bits per heavy atom.